The van der Waals surface area contributed by atoms with E-state index in [1.54, 1.807) is 7.11 Å². The Balaban J connectivity index is 1.93. The minimum absolute atomic E-state index is 0.149. The molecule has 7 nitrogen and oxygen atoms in total. The molecule has 0 unspecified atom stereocenters. The van der Waals surface area contributed by atoms with Crippen LogP contribution in [0, 0.1) is 6.92 Å². The lowest BCUT2D eigenvalue weighted by Gasteiger charge is -2.09. The van der Waals surface area contributed by atoms with Gasteiger partial charge in [0.25, 0.3) is 0 Å². The van der Waals surface area contributed by atoms with E-state index in [2.05, 4.69) is 31.4 Å². The van der Waals surface area contributed by atoms with Crippen LogP contribution in [-0.4, -0.2) is 40.1 Å². The van der Waals surface area contributed by atoms with Crippen LogP contribution in [0.3, 0.4) is 0 Å². The first-order chi connectivity index (χ1) is 11.5. The summed E-state index contributed by atoms with van der Waals surface area (Å²) in [7, 11) is 1.61. The molecule has 0 fully saturated rings. The molecule has 2 aromatic rings. The van der Waals surface area contributed by atoms with E-state index in [0.717, 1.165) is 15.7 Å². The van der Waals surface area contributed by atoms with Gasteiger partial charge in [-0.05, 0) is 37.1 Å². The Kier molecular flexibility index (Phi) is 7.07. The fourth-order valence-corrected chi connectivity index (χ4v) is 3.31. The third-order valence-corrected chi connectivity index (χ3v) is 4.72. The van der Waals surface area contributed by atoms with Gasteiger partial charge in [0.2, 0.25) is 5.91 Å². The van der Waals surface area contributed by atoms with Gasteiger partial charge in [0.05, 0.1) is 5.75 Å². The summed E-state index contributed by atoms with van der Waals surface area (Å²) in [6.45, 7) is 2.98. The molecule has 0 aliphatic rings. The molecule has 0 radical (unpaired) electrons. The van der Waals surface area contributed by atoms with Gasteiger partial charge < -0.3 is 10.1 Å². The molecule has 2 N–H and O–H groups in total. The third-order valence-electron chi connectivity index (χ3n) is 3.25. The van der Waals surface area contributed by atoms with Gasteiger partial charge in [-0.25, -0.2) is 9.89 Å². The molecule has 0 aliphatic heterocycles. The Morgan fingerprint density at radius 3 is 3.00 bits per heavy atom. The summed E-state index contributed by atoms with van der Waals surface area (Å²) >= 11 is 4.61. The maximum atomic E-state index is 12.1. The van der Waals surface area contributed by atoms with Crippen molar-refractivity contribution in [3.8, 4) is 0 Å². The Morgan fingerprint density at radius 1 is 1.50 bits per heavy atom. The van der Waals surface area contributed by atoms with Crippen LogP contribution in [0.15, 0.2) is 32.6 Å². The van der Waals surface area contributed by atoms with Gasteiger partial charge in [0, 0.05) is 30.4 Å². The summed E-state index contributed by atoms with van der Waals surface area (Å²) in [4.78, 5) is 23.8. The van der Waals surface area contributed by atoms with Crippen molar-refractivity contribution in [2.24, 2.45) is 0 Å². The maximum absolute atomic E-state index is 12.1. The number of hydrogen-bond acceptors (Lipinski definition) is 5. The molecule has 0 saturated carbocycles. The van der Waals surface area contributed by atoms with E-state index in [1.807, 2.05) is 25.1 Å². The number of hydrogen-bond donors (Lipinski definition) is 2. The van der Waals surface area contributed by atoms with Crippen molar-refractivity contribution in [3.05, 3.63) is 38.7 Å². The number of H-pyrrole nitrogens is 1. The number of halogens is 1. The number of ether oxygens (including phenoxy) is 1. The Hall–Kier alpha value is -1.58. The quantitative estimate of drug-likeness (QED) is 0.511. The number of methoxy groups -OCH3 is 1. The van der Waals surface area contributed by atoms with Gasteiger partial charge in [0.15, 0.2) is 5.16 Å². The van der Waals surface area contributed by atoms with Crippen molar-refractivity contribution in [2.45, 2.75) is 25.0 Å². The van der Waals surface area contributed by atoms with Crippen LogP contribution in [0.25, 0.3) is 0 Å². The van der Waals surface area contributed by atoms with Crippen molar-refractivity contribution in [1.29, 1.82) is 0 Å². The number of carbonyl (C=O) groups excluding carboxylic acids is 1. The van der Waals surface area contributed by atoms with Gasteiger partial charge in [-0.1, -0.05) is 27.7 Å². The van der Waals surface area contributed by atoms with Crippen molar-refractivity contribution >= 4 is 39.3 Å². The number of benzene rings is 1. The molecule has 1 amide bonds. The number of rotatable bonds is 8. The highest BCUT2D eigenvalue weighted by atomic mass is 79.9. The summed E-state index contributed by atoms with van der Waals surface area (Å²) in [5, 5.41) is 9.73. The maximum Gasteiger partial charge on any atom is 0.343 e. The highest BCUT2D eigenvalue weighted by Gasteiger charge is 2.12. The van der Waals surface area contributed by atoms with Gasteiger partial charge in [-0.2, -0.15) is 0 Å². The van der Waals surface area contributed by atoms with Gasteiger partial charge in [-0.15, -0.1) is 5.10 Å². The molecule has 0 saturated heterocycles. The average Bonchev–Trinajstić information content (AvgIpc) is 2.89. The van der Waals surface area contributed by atoms with E-state index < -0.39 is 0 Å². The Morgan fingerprint density at radius 2 is 2.29 bits per heavy atom. The lowest BCUT2D eigenvalue weighted by molar-refractivity contribution is -0.113. The van der Waals surface area contributed by atoms with Crippen LogP contribution in [0.5, 0.6) is 0 Å². The number of nitrogens with zero attached hydrogens (tertiary/aromatic N) is 2. The van der Waals surface area contributed by atoms with E-state index in [0.29, 0.717) is 24.7 Å². The standard InChI is InChI=1S/C15H19BrN4O3S/c1-10-8-11(16)4-5-12(10)17-13(21)9-24-15-19-18-14(22)20(15)6-3-7-23-2/h4-5,8H,3,6-7,9H2,1-2H3,(H,17,21)(H,18,22). The summed E-state index contributed by atoms with van der Waals surface area (Å²) in [5.41, 5.74) is 1.46. The second-order valence-electron chi connectivity index (χ2n) is 5.11. The highest BCUT2D eigenvalue weighted by molar-refractivity contribution is 9.10. The average molecular weight is 415 g/mol. The number of aromatic nitrogens is 3. The van der Waals surface area contributed by atoms with Crippen LogP contribution in [0.1, 0.15) is 12.0 Å². The summed E-state index contributed by atoms with van der Waals surface area (Å²) < 4.78 is 7.46. The van der Waals surface area contributed by atoms with Crippen LogP contribution in [0.2, 0.25) is 0 Å². The number of thioether (sulfide) groups is 1. The largest absolute Gasteiger partial charge is 0.385 e. The molecular formula is C15H19BrN4O3S. The molecule has 0 spiro atoms. The first-order valence-electron chi connectivity index (χ1n) is 7.34. The Bertz CT molecular complexity index is 759. The minimum Gasteiger partial charge on any atom is -0.385 e. The topological polar surface area (TPSA) is 89.0 Å². The van der Waals surface area contributed by atoms with E-state index in [-0.39, 0.29) is 17.3 Å². The molecule has 0 atom stereocenters. The first-order valence-corrected chi connectivity index (χ1v) is 9.12. The fraction of sp³-hybridized carbons (Fsp3) is 0.400. The summed E-state index contributed by atoms with van der Waals surface area (Å²) in [6, 6.07) is 5.65. The Labute approximate surface area is 152 Å². The van der Waals surface area contributed by atoms with Crippen LogP contribution < -0.4 is 11.0 Å². The van der Waals surface area contributed by atoms with Gasteiger partial charge in [-0.3, -0.25) is 9.36 Å². The summed E-state index contributed by atoms with van der Waals surface area (Å²) in [6.07, 6.45) is 0.702. The number of anilines is 1. The summed E-state index contributed by atoms with van der Waals surface area (Å²) in [5.74, 6) is 0.0219. The number of aromatic amines is 1. The van der Waals surface area contributed by atoms with Crippen molar-refractivity contribution in [2.75, 3.05) is 24.8 Å². The van der Waals surface area contributed by atoms with Crippen molar-refractivity contribution in [3.63, 3.8) is 0 Å². The van der Waals surface area contributed by atoms with Gasteiger partial charge in [0.1, 0.15) is 0 Å². The molecule has 0 aliphatic carbocycles. The molecule has 130 valence electrons. The van der Waals surface area contributed by atoms with E-state index >= 15 is 0 Å². The number of aryl methyl sites for hydroxylation is 1. The number of amides is 1. The third kappa shape index (κ3) is 5.22. The molecule has 9 heteroatoms. The molecule has 1 aromatic carbocycles. The van der Waals surface area contributed by atoms with Gasteiger partial charge >= 0.3 is 5.69 Å². The van der Waals surface area contributed by atoms with E-state index in [4.69, 9.17) is 4.74 Å². The van der Waals surface area contributed by atoms with Crippen molar-refractivity contribution in [1.82, 2.24) is 14.8 Å². The van der Waals surface area contributed by atoms with Crippen molar-refractivity contribution < 1.29 is 9.53 Å². The second kappa shape index (κ2) is 9.05. The fourth-order valence-electron chi connectivity index (χ4n) is 2.06. The van der Waals surface area contributed by atoms with Crippen LogP contribution in [-0.2, 0) is 16.1 Å². The molecule has 1 aromatic heterocycles. The number of nitrogens with one attached hydrogen (secondary N) is 2. The lowest BCUT2D eigenvalue weighted by Crippen LogP contribution is -2.19. The minimum atomic E-state index is -0.280. The molecule has 24 heavy (non-hydrogen) atoms. The zero-order valence-corrected chi connectivity index (χ0v) is 15.9. The predicted octanol–water partition coefficient (Wildman–Crippen LogP) is 2.41. The zero-order chi connectivity index (χ0) is 17.5. The first kappa shape index (κ1) is 18.8. The van der Waals surface area contributed by atoms with E-state index in [9.17, 15) is 9.59 Å². The monoisotopic (exact) mass is 414 g/mol. The molecule has 2 rings (SSSR count). The zero-order valence-electron chi connectivity index (χ0n) is 13.5. The van der Waals surface area contributed by atoms with E-state index in [1.165, 1.54) is 16.3 Å². The smallest absolute Gasteiger partial charge is 0.343 e. The number of carbonyl (C=O) groups is 1. The lowest BCUT2D eigenvalue weighted by atomic mass is 10.2. The molecular weight excluding hydrogens is 396 g/mol. The second-order valence-corrected chi connectivity index (χ2v) is 6.96. The normalized spacial score (nSPS) is 10.8. The molecule has 0 bridgehead atoms. The highest BCUT2D eigenvalue weighted by Crippen LogP contribution is 2.21. The van der Waals surface area contributed by atoms with Crippen LogP contribution >= 0.6 is 27.7 Å². The molecule has 1 heterocycles. The predicted molar refractivity (Wildman–Crippen MR) is 97.6 cm³/mol. The SMILES string of the molecule is COCCCn1c(SCC(=O)Nc2ccc(Br)cc2C)n[nH]c1=O. The van der Waals surface area contributed by atoms with Crippen LogP contribution in [0.4, 0.5) is 5.69 Å².